The van der Waals surface area contributed by atoms with Gasteiger partial charge in [-0.25, -0.2) is 0 Å². The predicted molar refractivity (Wildman–Crippen MR) is 85.2 cm³/mol. The molecule has 1 amide bonds. The minimum absolute atomic E-state index is 0.00695. The Hall–Kier alpha value is -2.08. The summed E-state index contributed by atoms with van der Waals surface area (Å²) in [5, 5.41) is 8.60. The van der Waals surface area contributed by atoms with Crippen molar-refractivity contribution < 1.29 is 4.79 Å². The van der Waals surface area contributed by atoms with Crippen LogP contribution < -0.4 is 4.90 Å². The number of halogens is 1. The molecule has 22 heavy (non-hydrogen) atoms. The molecule has 6 nitrogen and oxygen atoms in total. The number of piperidine rings is 1. The maximum atomic E-state index is 12.4. The molecule has 0 aliphatic carbocycles. The van der Waals surface area contributed by atoms with E-state index >= 15 is 0 Å². The third kappa shape index (κ3) is 3.06. The lowest BCUT2D eigenvalue weighted by atomic mass is 10.0. The van der Waals surface area contributed by atoms with Crippen molar-refractivity contribution in [3.05, 3.63) is 41.3 Å². The van der Waals surface area contributed by atoms with E-state index in [2.05, 4.69) is 20.1 Å². The van der Waals surface area contributed by atoms with Gasteiger partial charge in [0.15, 0.2) is 5.82 Å². The molecule has 116 valence electrons. The van der Waals surface area contributed by atoms with Gasteiger partial charge in [-0.05, 0) is 31.0 Å². The quantitative estimate of drug-likeness (QED) is 0.942. The number of amides is 1. The summed E-state index contributed by atoms with van der Waals surface area (Å²) >= 11 is 5.85. The number of nitrogens with zero attached hydrogens (tertiary/aromatic N) is 4. The van der Waals surface area contributed by atoms with Gasteiger partial charge in [0.2, 0.25) is 0 Å². The van der Waals surface area contributed by atoms with Gasteiger partial charge >= 0.3 is 0 Å². The molecule has 7 heteroatoms. The highest BCUT2D eigenvalue weighted by atomic mass is 35.5. The minimum Gasteiger partial charge on any atom is -0.356 e. The van der Waals surface area contributed by atoms with Gasteiger partial charge in [-0.2, -0.15) is 5.10 Å². The molecule has 2 aromatic heterocycles. The number of aromatic amines is 1. The lowest BCUT2D eigenvalue weighted by molar-refractivity contribution is 0.0708. The summed E-state index contributed by atoms with van der Waals surface area (Å²) in [6, 6.07) is 5.87. The first-order chi connectivity index (χ1) is 10.6. The Labute approximate surface area is 134 Å². The Morgan fingerprint density at radius 3 is 2.82 bits per heavy atom. The number of H-pyrrole nitrogens is 1. The van der Waals surface area contributed by atoms with Gasteiger partial charge < -0.3 is 14.8 Å². The largest absolute Gasteiger partial charge is 0.356 e. The summed E-state index contributed by atoms with van der Waals surface area (Å²) in [6.45, 7) is 1.45. The molecule has 0 spiro atoms. The molecule has 3 rings (SSSR count). The van der Waals surface area contributed by atoms with Crippen LogP contribution in [0.3, 0.4) is 0 Å². The van der Waals surface area contributed by atoms with Crippen molar-refractivity contribution >= 4 is 23.3 Å². The Bertz CT molecular complexity index is 636. The molecular formula is C15H18ClN5O. The average Bonchev–Trinajstić information content (AvgIpc) is 3.01. The van der Waals surface area contributed by atoms with Crippen LogP contribution in [0.15, 0.2) is 30.6 Å². The number of carbonyl (C=O) groups excluding carboxylic acids is 1. The van der Waals surface area contributed by atoms with Crippen LogP contribution in [-0.2, 0) is 0 Å². The summed E-state index contributed by atoms with van der Waals surface area (Å²) in [5.74, 6) is 0.871. The number of hydrogen-bond acceptors (Lipinski definition) is 4. The van der Waals surface area contributed by atoms with Crippen LogP contribution in [0.2, 0.25) is 5.02 Å². The van der Waals surface area contributed by atoms with Crippen molar-refractivity contribution in [2.45, 2.75) is 18.9 Å². The first-order valence-corrected chi connectivity index (χ1v) is 7.66. The maximum absolute atomic E-state index is 12.4. The first-order valence-electron chi connectivity index (χ1n) is 7.29. The van der Waals surface area contributed by atoms with E-state index in [0.29, 0.717) is 16.8 Å². The van der Waals surface area contributed by atoms with E-state index in [0.717, 1.165) is 31.7 Å². The van der Waals surface area contributed by atoms with Crippen molar-refractivity contribution in [1.82, 2.24) is 20.1 Å². The number of aromatic nitrogens is 3. The second kappa shape index (κ2) is 6.36. The second-order valence-electron chi connectivity index (χ2n) is 5.45. The third-order valence-corrected chi connectivity index (χ3v) is 4.32. The van der Waals surface area contributed by atoms with Gasteiger partial charge in [0.1, 0.15) is 5.69 Å². The monoisotopic (exact) mass is 319 g/mol. The fourth-order valence-electron chi connectivity index (χ4n) is 2.79. The smallest absolute Gasteiger partial charge is 0.270 e. The number of hydrogen-bond donors (Lipinski definition) is 1. The van der Waals surface area contributed by atoms with Crippen LogP contribution in [0.1, 0.15) is 23.3 Å². The molecule has 1 aliphatic heterocycles. The van der Waals surface area contributed by atoms with Crippen molar-refractivity contribution in [3.63, 3.8) is 0 Å². The van der Waals surface area contributed by atoms with E-state index in [1.54, 1.807) is 18.5 Å². The van der Waals surface area contributed by atoms with Gasteiger partial charge in [0.05, 0.1) is 5.02 Å². The standard InChI is InChI=1S/C15H18ClN5O/c1-20(14-3-2-6-18-19-14)12-4-7-21(8-5-12)15(22)13-9-11(16)10-17-13/h2-3,6,9-10,12,17H,4-5,7-8H2,1H3. The van der Waals surface area contributed by atoms with Gasteiger partial charge in [-0.15, -0.1) is 5.10 Å². The summed E-state index contributed by atoms with van der Waals surface area (Å²) in [7, 11) is 2.02. The van der Waals surface area contributed by atoms with Gasteiger partial charge in [0, 0.05) is 38.6 Å². The van der Waals surface area contributed by atoms with Crippen molar-refractivity contribution in [2.24, 2.45) is 0 Å². The Balaban J connectivity index is 1.59. The van der Waals surface area contributed by atoms with Gasteiger partial charge in [0.25, 0.3) is 5.91 Å². The summed E-state index contributed by atoms with van der Waals surface area (Å²) in [5.41, 5.74) is 0.547. The Morgan fingerprint density at radius 2 is 2.23 bits per heavy atom. The highest BCUT2D eigenvalue weighted by Crippen LogP contribution is 2.21. The lowest BCUT2D eigenvalue weighted by Gasteiger charge is -2.36. The van der Waals surface area contributed by atoms with E-state index in [1.807, 2.05) is 24.1 Å². The molecule has 0 radical (unpaired) electrons. The molecule has 0 bridgehead atoms. The summed E-state index contributed by atoms with van der Waals surface area (Å²) in [4.78, 5) is 19.3. The third-order valence-electron chi connectivity index (χ3n) is 4.10. The minimum atomic E-state index is 0.00695. The predicted octanol–water partition coefficient (Wildman–Crippen LogP) is 2.20. The van der Waals surface area contributed by atoms with Crippen LogP contribution >= 0.6 is 11.6 Å². The first kappa shape index (κ1) is 14.8. The zero-order valence-electron chi connectivity index (χ0n) is 12.4. The summed E-state index contributed by atoms with van der Waals surface area (Å²) < 4.78 is 0. The molecule has 0 aromatic carbocycles. The molecule has 0 saturated carbocycles. The van der Waals surface area contributed by atoms with Crippen molar-refractivity contribution in [3.8, 4) is 0 Å². The Kier molecular flexibility index (Phi) is 4.29. The van der Waals surface area contributed by atoms with Crippen LogP contribution in [-0.4, -0.2) is 52.2 Å². The average molecular weight is 320 g/mol. The van der Waals surface area contributed by atoms with Gasteiger partial charge in [-0.1, -0.05) is 11.6 Å². The lowest BCUT2D eigenvalue weighted by Crippen LogP contribution is -2.46. The van der Waals surface area contributed by atoms with Crippen LogP contribution in [0.4, 0.5) is 5.82 Å². The SMILES string of the molecule is CN(c1cccnn1)C1CCN(C(=O)c2cc(Cl)c[nH]2)CC1. The number of nitrogens with one attached hydrogen (secondary N) is 1. The summed E-state index contributed by atoms with van der Waals surface area (Å²) in [6.07, 6.45) is 5.12. The van der Waals surface area contributed by atoms with Crippen molar-refractivity contribution in [1.29, 1.82) is 0 Å². The van der Waals surface area contributed by atoms with Crippen LogP contribution in [0.25, 0.3) is 0 Å². The zero-order valence-corrected chi connectivity index (χ0v) is 13.1. The molecule has 1 N–H and O–H groups in total. The second-order valence-corrected chi connectivity index (χ2v) is 5.88. The maximum Gasteiger partial charge on any atom is 0.270 e. The Morgan fingerprint density at radius 1 is 1.45 bits per heavy atom. The van der Waals surface area contributed by atoms with Gasteiger partial charge in [-0.3, -0.25) is 4.79 Å². The number of anilines is 1. The molecule has 1 fully saturated rings. The topological polar surface area (TPSA) is 65.1 Å². The normalized spacial score (nSPS) is 15.8. The molecule has 0 atom stereocenters. The molecular weight excluding hydrogens is 302 g/mol. The van der Waals surface area contributed by atoms with E-state index in [4.69, 9.17) is 11.6 Å². The molecule has 3 heterocycles. The number of carbonyl (C=O) groups is 1. The molecule has 2 aromatic rings. The number of rotatable bonds is 3. The van der Waals surface area contributed by atoms with Crippen LogP contribution in [0, 0.1) is 0 Å². The molecule has 1 aliphatic rings. The molecule has 1 saturated heterocycles. The molecule has 0 unspecified atom stereocenters. The number of likely N-dealkylation sites (tertiary alicyclic amines) is 1. The van der Waals surface area contributed by atoms with E-state index in [-0.39, 0.29) is 5.91 Å². The fraction of sp³-hybridized carbons (Fsp3) is 0.400. The highest BCUT2D eigenvalue weighted by Gasteiger charge is 2.27. The van der Waals surface area contributed by atoms with E-state index < -0.39 is 0 Å². The van der Waals surface area contributed by atoms with E-state index in [1.165, 1.54) is 0 Å². The van der Waals surface area contributed by atoms with Crippen LogP contribution in [0.5, 0.6) is 0 Å². The van der Waals surface area contributed by atoms with E-state index in [9.17, 15) is 4.79 Å². The zero-order chi connectivity index (χ0) is 15.5. The highest BCUT2D eigenvalue weighted by molar-refractivity contribution is 6.30. The fourth-order valence-corrected chi connectivity index (χ4v) is 2.95. The van der Waals surface area contributed by atoms with Crippen molar-refractivity contribution in [2.75, 3.05) is 25.0 Å².